The average Bonchev–Trinajstić information content (AvgIpc) is 3.55. The zero-order valence-corrected chi connectivity index (χ0v) is 16.0. The normalized spacial score (nSPS) is 21.9. The quantitative estimate of drug-likeness (QED) is 0.831. The third-order valence-electron chi connectivity index (χ3n) is 5.59. The van der Waals surface area contributed by atoms with Crippen LogP contribution in [0.3, 0.4) is 0 Å². The molecule has 4 rings (SSSR count). The summed E-state index contributed by atoms with van der Waals surface area (Å²) >= 11 is 0. The molecule has 0 bridgehead atoms. The van der Waals surface area contributed by atoms with E-state index in [9.17, 15) is 9.59 Å². The van der Waals surface area contributed by atoms with Gasteiger partial charge in [0.1, 0.15) is 0 Å². The molecule has 0 spiro atoms. The number of carbonyl (C=O) groups is 2. The highest BCUT2D eigenvalue weighted by Crippen LogP contribution is 2.40. The first-order valence-electron chi connectivity index (χ1n) is 9.92. The summed E-state index contributed by atoms with van der Waals surface area (Å²) in [4.78, 5) is 33.3. The number of hydrogen-bond acceptors (Lipinski definition) is 4. The number of nitrogens with one attached hydrogen (secondary N) is 1. The molecule has 2 fully saturated rings. The highest BCUT2D eigenvalue weighted by atomic mass is 16.2. The number of hydrogen-bond donors (Lipinski definition) is 1. The summed E-state index contributed by atoms with van der Waals surface area (Å²) in [7, 11) is 0. The monoisotopic (exact) mass is 378 g/mol. The molecule has 6 nitrogen and oxygen atoms in total. The Kier molecular flexibility index (Phi) is 5.67. The van der Waals surface area contributed by atoms with Crippen molar-refractivity contribution in [1.29, 1.82) is 0 Å². The van der Waals surface area contributed by atoms with Gasteiger partial charge in [0.15, 0.2) is 0 Å². The van der Waals surface area contributed by atoms with Gasteiger partial charge >= 0.3 is 0 Å². The fourth-order valence-corrected chi connectivity index (χ4v) is 3.78. The molecule has 2 unspecified atom stereocenters. The maximum atomic E-state index is 12.7. The topological polar surface area (TPSA) is 65.5 Å². The van der Waals surface area contributed by atoms with Crippen molar-refractivity contribution in [1.82, 2.24) is 20.1 Å². The fourth-order valence-electron chi connectivity index (χ4n) is 3.78. The Balaban J connectivity index is 1.20. The van der Waals surface area contributed by atoms with Crippen LogP contribution in [0.4, 0.5) is 0 Å². The van der Waals surface area contributed by atoms with Crippen molar-refractivity contribution in [2.24, 2.45) is 11.8 Å². The van der Waals surface area contributed by atoms with Crippen molar-refractivity contribution in [3.63, 3.8) is 0 Å². The smallest absolute Gasteiger partial charge is 0.226 e. The Morgan fingerprint density at radius 3 is 2.36 bits per heavy atom. The van der Waals surface area contributed by atoms with E-state index in [1.807, 2.05) is 23.1 Å². The highest BCUT2D eigenvalue weighted by Gasteiger charge is 2.49. The third kappa shape index (κ3) is 4.57. The van der Waals surface area contributed by atoms with Crippen LogP contribution in [-0.4, -0.2) is 52.8 Å². The van der Waals surface area contributed by atoms with Crippen LogP contribution in [0.5, 0.6) is 0 Å². The van der Waals surface area contributed by atoms with E-state index in [0.29, 0.717) is 13.0 Å². The Morgan fingerprint density at radius 1 is 0.929 bits per heavy atom. The van der Waals surface area contributed by atoms with E-state index in [2.05, 4.69) is 39.5 Å². The lowest BCUT2D eigenvalue weighted by atomic mass is 10.2. The van der Waals surface area contributed by atoms with E-state index in [4.69, 9.17) is 0 Å². The van der Waals surface area contributed by atoms with Gasteiger partial charge in [-0.2, -0.15) is 0 Å². The van der Waals surface area contributed by atoms with Gasteiger partial charge in [-0.3, -0.25) is 19.5 Å². The highest BCUT2D eigenvalue weighted by molar-refractivity contribution is 5.92. The van der Waals surface area contributed by atoms with Crippen molar-refractivity contribution in [3.8, 4) is 0 Å². The van der Waals surface area contributed by atoms with Crippen molar-refractivity contribution in [2.45, 2.75) is 19.5 Å². The number of piperazine rings is 1. The van der Waals surface area contributed by atoms with E-state index in [1.165, 1.54) is 5.56 Å². The molecule has 2 heterocycles. The Morgan fingerprint density at radius 2 is 1.64 bits per heavy atom. The molecule has 0 radical (unpaired) electrons. The zero-order valence-electron chi connectivity index (χ0n) is 16.0. The van der Waals surface area contributed by atoms with Crippen molar-refractivity contribution in [2.75, 3.05) is 26.2 Å². The summed E-state index contributed by atoms with van der Waals surface area (Å²) in [6, 6.07) is 14.2. The molecule has 1 aromatic heterocycles. The summed E-state index contributed by atoms with van der Waals surface area (Å²) in [6.45, 7) is 4.66. The van der Waals surface area contributed by atoms with Gasteiger partial charge in [0.05, 0.1) is 11.8 Å². The maximum Gasteiger partial charge on any atom is 0.226 e. The molecule has 2 atom stereocenters. The zero-order chi connectivity index (χ0) is 19.3. The van der Waals surface area contributed by atoms with Gasteiger partial charge in [0, 0.05) is 51.7 Å². The summed E-state index contributed by atoms with van der Waals surface area (Å²) in [5.41, 5.74) is 2.32. The summed E-state index contributed by atoms with van der Waals surface area (Å²) in [5, 5.41) is 2.94. The van der Waals surface area contributed by atoms with Crippen LogP contribution in [0.25, 0.3) is 0 Å². The van der Waals surface area contributed by atoms with Crippen LogP contribution in [0, 0.1) is 11.8 Å². The minimum absolute atomic E-state index is 0.0159. The van der Waals surface area contributed by atoms with Gasteiger partial charge < -0.3 is 10.2 Å². The Labute approximate surface area is 165 Å². The third-order valence-corrected chi connectivity index (χ3v) is 5.59. The van der Waals surface area contributed by atoms with E-state index in [1.54, 1.807) is 12.4 Å². The molecule has 2 aliphatic rings. The molecule has 2 amide bonds. The molecule has 1 aliphatic heterocycles. The largest absolute Gasteiger partial charge is 0.352 e. The predicted molar refractivity (Wildman–Crippen MR) is 106 cm³/mol. The number of benzene rings is 1. The van der Waals surface area contributed by atoms with Gasteiger partial charge in [-0.15, -0.1) is 0 Å². The van der Waals surface area contributed by atoms with Crippen LogP contribution in [0.1, 0.15) is 17.5 Å². The van der Waals surface area contributed by atoms with Gasteiger partial charge in [-0.1, -0.05) is 30.3 Å². The lowest BCUT2D eigenvalue weighted by Crippen LogP contribution is -2.49. The molecule has 1 saturated heterocycles. The number of carbonyl (C=O) groups excluding carboxylic acids is 2. The second kappa shape index (κ2) is 8.52. The average molecular weight is 378 g/mol. The van der Waals surface area contributed by atoms with Crippen LogP contribution in [0.15, 0.2) is 54.9 Å². The first-order valence-corrected chi connectivity index (χ1v) is 9.92. The number of pyridine rings is 1. The van der Waals surface area contributed by atoms with Gasteiger partial charge in [0.2, 0.25) is 11.8 Å². The Hall–Kier alpha value is -2.73. The molecule has 2 aromatic rings. The Bertz CT molecular complexity index is 804. The van der Waals surface area contributed by atoms with Crippen LogP contribution < -0.4 is 5.32 Å². The van der Waals surface area contributed by atoms with Crippen LogP contribution in [-0.2, 0) is 22.7 Å². The van der Waals surface area contributed by atoms with Crippen LogP contribution in [0.2, 0.25) is 0 Å². The SMILES string of the molecule is O=C(NCc1ccncc1)C1CC1C(=O)N1CCN(Cc2ccccc2)CC1. The molecule has 1 N–H and O–H groups in total. The summed E-state index contributed by atoms with van der Waals surface area (Å²) < 4.78 is 0. The maximum absolute atomic E-state index is 12.7. The van der Waals surface area contributed by atoms with Crippen LogP contribution >= 0.6 is 0 Å². The summed E-state index contributed by atoms with van der Waals surface area (Å²) in [6.07, 6.45) is 4.09. The molecule has 28 heavy (non-hydrogen) atoms. The lowest BCUT2D eigenvalue weighted by molar-refractivity contribution is -0.136. The van der Waals surface area contributed by atoms with Crippen molar-refractivity contribution >= 4 is 11.8 Å². The number of amides is 2. The van der Waals surface area contributed by atoms with Gasteiger partial charge in [0.25, 0.3) is 0 Å². The summed E-state index contributed by atoms with van der Waals surface area (Å²) in [5.74, 6) is -0.184. The second-order valence-electron chi connectivity index (χ2n) is 7.61. The number of aromatic nitrogens is 1. The molecular formula is C22H26N4O2. The fraction of sp³-hybridized carbons (Fsp3) is 0.409. The molecule has 1 saturated carbocycles. The molecular weight excluding hydrogens is 352 g/mol. The van der Waals surface area contributed by atoms with Crippen molar-refractivity contribution < 1.29 is 9.59 Å². The van der Waals surface area contributed by atoms with E-state index in [0.717, 1.165) is 38.3 Å². The lowest BCUT2D eigenvalue weighted by Gasteiger charge is -2.35. The molecule has 146 valence electrons. The van der Waals surface area contributed by atoms with Gasteiger partial charge in [-0.05, 0) is 29.7 Å². The predicted octanol–water partition coefficient (Wildman–Crippen LogP) is 1.68. The standard InChI is InChI=1S/C22H26N4O2/c27-21(24-15-17-6-8-23-9-7-17)19-14-20(19)22(28)26-12-10-25(11-13-26)16-18-4-2-1-3-5-18/h1-9,19-20H,10-16H2,(H,24,27). The van der Waals surface area contributed by atoms with E-state index >= 15 is 0 Å². The molecule has 1 aromatic carbocycles. The molecule has 1 aliphatic carbocycles. The second-order valence-corrected chi connectivity index (χ2v) is 7.61. The first-order chi connectivity index (χ1) is 13.7. The first kappa shape index (κ1) is 18.6. The van der Waals surface area contributed by atoms with E-state index in [-0.39, 0.29) is 23.7 Å². The van der Waals surface area contributed by atoms with Gasteiger partial charge in [-0.25, -0.2) is 0 Å². The minimum Gasteiger partial charge on any atom is -0.352 e. The number of rotatable bonds is 6. The van der Waals surface area contributed by atoms with Crippen molar-refractivity contribution in [3.05, 3.63) is 66.0 Å². The minimum atomic E-state index is -0.170. The molecule has 6 heteroatoms. The van der Waals surface area contributed by atoms with E-state index < -0.39 is 0 Å². The number of nitrogens with zero attached hydrogens (tertiary/aromatic N) is 3.